The second kappa shape index (κ2) is 5.59. The molecular weight excluding hydrogens is 270 g/mol. The number of aromatic nitrogens is 4. The van der Waals surface area contributed by atoms with Crippen molar-refractivity contribution in [1.29, 1.82) is 0 Å². The van der Waals surface area contributed by atoms with Crippen molar-refractivity contribution < 1.29 is 9.53 Å². The summed E-state index contributed by atoms with van der Waals surface area (Å²) in [5.74, 6) is 0.322. The molecule has 7 heteroatoms. The van der Waals surface area contributed by atoms with Crippen LogP contribution in [0, 0.1) is 0 Å². The predicted octanol–water partition coefficient (Wildman–Crippen LogP) is 1.68. The zero-order valence-corrected chi connectivity index (χ0v) is 12.2. The molecule has 0 saturated carbocycles. The minimum atomic E-state index is -0.385. The van der Waals surface area contributed by atoms with Crippen molar-refractivity contribution in [3.05, 3.63) is 29.8 Å². The van der Waals surface area contributed by atoms with E-state index in [2.05, 4.69) is 22.3 Å². The number of anilines is 1. The first-order valence-electron chi connectivity index (χ1n) is 7.25. The summed E-state index contributed by atoms with van der Waals surface area (Å²) in [5, 5.41) is 7.54. The monoisotopic (exact) mass is 289 g/mol. The molecule has 0 saturated heterocycles. The molecule has 2 aromatic heterocycles. The van der Waals surface area contributed by atoms with Crippen molar-refractivity contribution >= 4 is 11.9 Å². The van der Waals surface area contributed by atoms with Crippen LogP contribution in [0.5, 0.6) is 0 Å². The molecule has 1 N–H and O–H groups in total. The topological polar surface area (TPSA) is 74.0 Å². The number of fused-ring (bicyclic) bond motifs is 1. The van der Waals surface area contributed by atoms with E-state index < -0.39 is 0 Å². The van der Waals surface area contributed by atoms with Gasteiger partial charge < -0.3 is 14.6 Å². The minimum absolute atomic E-state index is 0.150. The second-order valence-corrected chi connectivity index (χ2v) is 4.94. The average molecular weight is 289 g/mol. The fourth-order valence-electron chi connectivity index (χ4n) is 2.58. The number of aryl methyl sites for hydroxylation is 1. The number of esters is 1. The fraction of sp³-hybridized carbons (Fsp3) is 0.500. The Morgan fingerprint density at radius 1 is 1.48 bits per heavy atom. The van der Waals surface area contributed by atoms with Gasteiger partial charge in [0.05, 0.1) is 18.8 Å². The summed E-state index contributed by atoms with van der Waals surface area (Å²) < 4.78 is 8.90. The van der Waals surface area contributed by atoms with E-state index in [9.17, 15) is 4.79 Å². The molecule has 0 fully saturated rings. The summed E-state index contributed by atoms with van der Waals surface area (Å²) in [6.45, 7) is 5.85. The molecule has 0 aliphatic carbocycles. The molecular formula is C14H19N5O2. The van der Waals surface area contributed by atoms with Crippen molar-refractivity contribution in [2.75, 3.05) is 18.5 Å². The van der Waals surface area contributed by atoms with Crippen LogP contribution in [0.3, 0.4) is 0 Å². The number of carbonyl (C=O) groups is 1. The molecule has 0 spiro atoms. The number of rotatable bonds is 4. The van der Waals surface area contributed by atoms with E-state index in [1.807, 2.05) is 21.6 Å². The summed E-state index contributed by atoms with van der Waals surface area (Å²) in [4.78, 5) is 16.1. The summed E-state index contributed by atoms with van der Waals surface area (Å²) in [7, 11) is 0. The van der Waals surface area contributed by atoms with Crippen molar-refractivity contribution in [1.82, 2.24) is 19.3 Å². The Kier molecular flexibility index (Phi) is 3.64. The third kappa shape index (κ3) is 2.51. The van der Waals surface area contributed by atoms with Crippen LogP contribution < -0.4 is 5.32 Å². The number of hydrogen-bond donors (Lipinski definition) is 1. The van der Waals surface area contributed by atoms with E-state index in [0.717, 1.165) is 25.1 Å². The lowest BCUT2D eigenvalue weighted by molar-refractivity contribution is 0.0520. The lowest BCUT2D eigenvalue weighted by Gasteiger charge is -2.25. The third-order valence-electron chi connectivity index (χ3n) is 3.62. The highest BCUT2D eigenvalue weighted by atomic mass is 16.5. The molecule has 1 aliphatic heterocycles. The third-order valence-corrected chi connectivity index (χ3v) is 3.62. The van der Waals surface area contributed by atoms with Crippen molar-refractivity contribution in [2.24, 2.45) is 0 Å². The summed E-state index contributed by atoms with van der Waals surface area (Å²) in [6.07, 6.45) is 6.62. The van der Waals surface area contributed by atoms with Gasteiger partial charge in [-0.3, -0.25) is 4.68 Å². The molecule has 2 aromatic rings. The van der Waals surface area contributed by atoms with Crippen molar-refractivity contribution in [3.8, 4) is 0 Å². The van der Waals surface area contributed by atoms with Crippen LogP contribution in [0.25, 0.3) is 0 Å². The summed E-state index contributed by atoms with van der Waals surface area (Å²) in [6, 6.07) is 0.150. The van der Waals surface area contributed by atoms with E-state index >= 15 is 0 Å². The van der Waals surface area contributed by atoms with Gasteiger partial charge in [0, 0.05) is 31.0 Å². The van der Waals surface area contributed by atoms with Gasteiger partial charge in [-0.2, -0.15) is 5.10 Å². The standard InChI is InChI=1S/C14H19N5O2/c1-3-18-8-10(7-16-18)12-5-6-15-14-17-11(9-19(12)14)13(20)21-4-2/h7-9,12H,3-6H2,1-2H3,(H,15,17). The van der Waals surface area contributed by atoms with Gasteiger partial charge in [-0.15, -0.1) is 0 Å². The fourth-order valence-corrected chi connectivity index (χ4v) is 2.58. The molecule has 1 atom stereocenters. The molecule has 7 nitrogen and oxygen atoms in total. The number of carbonyl (C=O) groups excluding carboxylic acids is 1. The summed E-state index contributed by atoms with van der Waals surface area (Å²) in [5.41, 5.74) is 1.47. The van der Waals surface area contributed by atoms with Crippen LogP contribution in [0.15, 0.2) is 18.6 Å². The quantitative estimate of drug-likeness (QED) is 0.867. The molecule has 21 heavy (non-hydrogen) atoms. The lowest BCUT2D eigenvalue weighted by Crippen LogP contribution is -2.23. The van der Waals surface area contributed by atoms with Gasteiger partial charge in [0.25, 0.3) is 0 Å². The predicted molar refractivity (Wildman–Crippen MR) is 77.3 cm³/mol. The average Bonchev–Trinajstić information content (AvgIpc) is 3.13. The largest absolute Gasteiger partial charge is 0.461 e. The Labute approximate surface area is 122 Å². The smallest absolute Gasteiger partial charge is 0.358 e. The number of nitrogens with zero attached hydrogens (tertiary/aromatic N) is 4. The molecule has 0 bridgehead atoms. The van der Waals surface area contributed by atoms with Crippen LogP contribution in [-0.2, 0) is 11.3 Å². The number of hydrogen-bond acceptors (Lipinski definition) is 5. The Hall–Kier alpha value is -2.31. The van der Waals surface area contributed by atoms with Gasteiger partial charge in [-0.05, 0) is 20.3 Å². The maximum Gasteiger partial charge on any atom is 0.358 e. The Morgan fingerprint density at radius 2 is 2.33 bits per heavy atom. The van der Waals surface area contributed by atoms with Crippen LogP contribution in [0.1, 0.15) is 42.4 Å². The van der Waals surface area contributed by atoms with Crippen LogP contribution in [-0.4, -0.2) is 38.5 Å². The first kappa shape index (κ1) is 13.7. The highest BCUT2D eigenvalue weighted by Crippen LogP contribution is 2.29. The maximum atomic E-state index is 11.8. The zero-order valence-electron chi connectivity index (χ0n) is 12.2. The first-order chi connectivity index (χ1) is 10.2. The molecule has 0 aromatic carbocycles. The maximum absolute atomic E-state index is 11.8. The summed E-state index contributed by atoms with van der Waals surface area (Å²) >= 11 is 0. The molecule has 1 unspecified atom stereocenters. The lowest BCUT2D eigenvalue weighted by atomic mass is 10.1. The number of nitrogens with one attached hydrogen (secondary N) is 1. The normalized spacial score (nSPS) is 17.1. The minimum Gasteiger partial charge on any atom is -0.461 e. The second-order valence-electron chi connectivity index (χ2n) is 4.94. The highest BCUT2D eigenvalue weighted by molar-refractivity contribution is 5.87. The Bertz CT molecular complexity index is 646. The number of ether oxygens (including phenoxy) is 1. The van der Waals surface area contributed by atoms with E-state index in [0.29, 0.717) is 18.2 Å². The molecule has 3 heterocycles. The van der Waals surface area contributed by atoms with Crippen molar-refractivity contribution in [3.63, 3.8) is 0 Å². The Morgan fingerprint density at radius 3 is 3.05 bits per heavy atom. The molecule has 112 valence electrons. The van der Waals surface area contributed by atoms with E-state index in [1.165, 1.54) is 0 Å². The van der Waals surface area contributed by atoms with Gasteiger partial charge in [0.1, 0.15) is 0 Å². The molecule has 1 aliphatic rings. The van der Waals surface area contributed by atoms with Gasteiger partial charge in [-0.1, -0.05) is 0 Å². The van der Waals surface area contributed by atoms with Gasteiger partial charge in [0.15, 0.2) is 5.69 Å². The molecule has 3 rings (SSSR count). The van der Waals surface area contributed by atoms with Gasteiger partial charge in [0.2, 0.25) is 5.95 Å². The molecule has 0 radical (unpaired) electrons. The van der Waals surface area contributed by atoms with E-state index in [-0.39, 0.29) is 12.0 Å². The van der Waals surface area contributed by atoms with Crippen molar-refractivity contribution in [2.45, 2.75) is 32.9 Å². The zero-order chi connectivity index (χ0) is 14.8. The van der Waals surface area contributed by atoms with Crippen LogP contribution in [0.2, 0.25) is 0 Å². The van der Waals surface area contributed by atoms with Gasteiger partial charge in [-0.25, -0.2) is 9.78 Å². The van der Waals surface area contributed by atoms with Crippen LogP contribution >= 0.6 is 0 Å². The van der Waals surface area contributed by atoms with Gasteiger partial charge >= 0.3 is 5.97 Å². The highest BCUT2D eigenvalue weighted by Gasteiger charge is 2.25. The van der Waals surface area contributed by atoms with E-state index in [1.54, 1.807) is 13.1 Å². The van der Waals surface area contributed by atoms with E-state index in [4.69, 9.17) is 4.74 Å². The van der Waals surface area contributed by atoms with Crippen LogP contribution in [0.4, 0.5) is 5.95 Å². The first-order valence-corrected chi connectivity index (χ1v) is 7.25. The Balaban J connectivity index is 1.92. The number of imidazole rings is 1. The SMILES string of the molecule is CCOC(=O)c1cn2c(n1)NCCC2c1cnn(CC)c1. The molecule has 0 amide bonds.